The first-order chi connectivity index (χ1) is 10.3. The van der Waals surface area contributed by atoms with E-state index in [1.807, 2.05) is 36.4 Å². The van der Waals surface area contributed by atoms with Crippen LogP contribution in [0.3, 0.4) is 0 Å². The van der Waals surface area contributed by atoms with Crippen LogP contribution in [0.2, 0.25) is 0 Å². The molecule has 0 saturated carbocycles. The van der Waals surface area contributed by atoms with Crippen molar-refractivity contribution >= 4 is 11.6 Å². The van der Waals surface area contributed by atoms with Gasteiger partial charge >= 0.3 is 0 Å². The Bertz CT molecular complexity index is 593. The molecule has 2 N–H and O–H groups in total. The molecule has 0 bridgehead atoms. The van der Waals surface area contributed by atoms with E-state index in [0.29, 0.717) is 11.5 Å². The fourth-order valence-electron chi connectivity index (χ4n) is 2.29. The number of nitrogens with one attached hydrogen (secondary N) is 2. The SMILES string of the molecule is O=C(Nc1ccc(Oc2cccnc2)cc1)[C@@H]1CCCN1. The third-order valence-corrected chi connectivity index (χ3v) is 3.37. The number of carbonyl (C=O) groups excluding carboxylic acids is 1. The number of rotatable bonds is 4. The molecule has 21 heavy (non-hydrogen) atoms. The molecule has 108 valence electrons. The summed E-state index contributed by atoms with van der Waals surface area (Å²) in [6.45, 7) is 0.913. The van der Waals surface area contributed by atoms with Crippen LogP contribution in [0.4, 0.5) is 5.69 Å². The smallest absolute Gasteiger partial charge is 0.241 e. The third-order valence-electron chi connectivity index (χ3n) is 3.37. The molecular weight excluding hydrogens is 266 g/mol. The Morgan fingerprint density at radius 1 is 1.24 bits per heavy atom. The summed E-state index contributed by atoms with van der Waals surface area (Å²) >= 11 is 0. The van der Waals surface area contributed by atoms with Crippen molar-refractivity contribution in [2.45, 2.75) is 18.9 Å². The number of hydrogen-bond donors (Lipinski definition) is 2. The number of amides is 1. The van der Waals surface area contributed by atoms with Crippen molar-refractivity contribution in [3.63, 3.8) is 0 Å². The predicted molar refractivity (Wildman–Crippen MR) is 80.4 cm³/mol. The van der Waals surface area contributed by atoms with Gasteiger partial charge < -0.3 is 15.4 Å². The van der Waals surface area contributed by atoms with E-state index in [9.17, 15) is 4.79 Å². The number of aromatic nitrogens is 1. The first kappa shape index (κ1) is 13.6. The van der Waals surface area contributed by atoms with Crippen LogP contribution < -0.4 is 15.4 Å². The Labute approximate surface area is 123 Å². The zero-order chi connectivity index (χ0) is 14.5. The third kappa shape index (κ3) is 3.58. The number of hydrogen-bond acceptors (Lipinski definition) is 4. The van der Waals surface area contributed by atoms with Crippen LogP contribution in [-0.2, 0) is 4.79 Å². The van der Waals surface area contributed by atoms with E-state index in [1.165, 1.54) is 0 Å². The molecule has 2 heterocycles. The molecule has 1 aromatic carbocycles. The van der Waals surface area contributed by atoms with E-state index < -0.39 is 0 Å². The second-order valence-corrected chi connectivity index (χ2v) is 4.95. The van der Waals surface area contributed by atoms with E-state index in [-0.39, 0.29) is 11.9 Å². The monoisotopic (exact) mass is 283 g/mol. The summed E-state index contributed by atoms with van der Waals surface area (Å²) in [4.78, 5) is 16.0. The first-order valence-corrected chi connectivity index (χ1v) is 7.03. The number of benzene rings is 1. The topological polar surface area (TPSA) is 63.2 Å². The molecule has 1 amide bonds. The molecule has 0 spiro atoms. The molecule has 1 fully saturated rings. The van der Waals surface area contributed by atoms with Crippen LogP contribution in [0.5, 0.6) is 11.5 Å². The maximum atomic E-state index is 12.0. The van der Waals surface area contributed by atoms with Gasteiger partial charge in [-0.05, 0) is 55.8 Å². The summed E-state index contributed by atoms with van der Waals surface area (Å²) in [5, 5.41) is 6.08. The second-order valence-electron chi connectivity index (χ2n) is 4.95. The molecule has 0 unspecified atom stereocenters. The van der Waals surface area contributed by atoms with Crippen LogP contribution in [0.1, 0.15) is 12.8 Å². The minimum atomic E-state index is -0.0729. The molecule has 1 atom stereocenters. The highest BCUT2D eigenvalue weighted by Crippen LogP contribution is 2.22. The summed E-state index contributed by atoms with van der Waals surface area (Å²) in [5.41, 5.74) is 0.771. The highest BCUT2D eigenvalue weighted by atomic mass is 16.5. The lowest BCUT2D eigenvalue weighted by molar-refractivity contribution is -0.117. The van der Waals surface area contributed by atoms with Crippen molar-refractivity contribution in [3.05, 3.63) is 48.8 Å². The van der Waals surface area contributed by atoms with Crippen molar-refractivity contribution in [3.8, 4) is 11.5 Å². The minimum Gasteiger partial charge on any atom is -0.456 e. The highest BCUT2D eigenvalue weighted by molar-refractivity contribution is 5.95. The van der Waals surface area contributed by atoms with E-state index in [0.717, 1.165) is 25.1 Å². The average Bonchev–Trinajstić information content (AvgIpc) is 3.05. The van der Waals surface area contributed by atoms with Crippen LogP contribution >= 0.6 is 0 Å². The lowest BCUT2D eigenvalue weighted by Crippen LogP contribution is -2.35. The number of anilines is 1. The van der Waals surface area contributed by atoms with Crippen LogP contribution in [-0.4, -0.2) is 23.5 Å². The summed E-state index contributed by atoms with van der Waals surface area (Å²) < 4.78 is 5.65. The van der Waals surface area contributed by atoms with Gasteiger partial charge in [-0.2, -0.15) is 0 Å². The minimum absolute atomic E-state index is 0.0217. The zero-order valence-electron chi connectivity index (χ0n) is 11.6. The Morgan fingerprint density at radius 2 is 2.10 bits per heavy atom. The fraction of sp³-hybridized carbons (Fsp3) is 0.250. The van der Waals surface area contributed by atoms with Gasteiger partial charge in [-0.15, -0.1) is 0 Å². The van der Waals surface area contributed by atoms with E-state index in [4.69, 9.17) is 4.74 Å². The predicted octanol–water partition coefficient (Wildman–Crippen LogP) is 2.56. The first-order valence-electron chi connectivity index (χ1n) is 7.03. The largest absolute Gasteiger partial charge is 0.456 e. The van der Waals surface area contributed by atoms with Crippen molar-refractivity contribution in [2.24, 2.45) is 0 Å². The van der Waals surface area contributed by atoms with Gasteiger partial charge in [-0.25, -0.2) is 0 Å². The summed E-state index contributed by atoms with van der Waals surface area (Å²) in [6, 6.07) is 10.9. The molecule has 0 radical (unpaired) electrons. The summed E-state index contributed by atoms with van der Waals surface area (Å²) in [7, 11) is 0. The fourth-order valence-corrected chi connectivity index (χ4v) is 2.29. The van der Waals surface area contributed by atoms with Gasteiger partial charge in [0.15, 0.2) is 0 Å². The van der Waals surface area contributed by atoms with E-state index in [1.54, 1.807) is 12.4 Å². The van der Waals surface area contributed by atoms with Crippen LogP contribution in [0.25, 0.3) is 0 Å². The molecule has 1 saturated heterocycles. The van der Waals surface area contributed by atoms with E-state index >= 15 is 0 Å². The molecule has 5 heteroatoms. The maximum Gasteiger partial charge on any atom is 0.241 e. The van der Waals surface area contributed by atoms with E-state index in [2.05, 4.69) is 15.6 Å². The van der Waals surface area contributed by atoms with Crippen molar-refractivity contribution in [1.82, 2.24) is 10.3 Å². The Morgan fingerprint density at radius 3 is 2.76 bits per heavy atom. The summed E-state index contributed by atoms with van der Waals surface area (Å²) in [6.07, 6.45) is 5.30. The molecule has 2 aromatic rings. The molecule has 5 nitrogen and oxygen atoms in total. The molecule has 1 aliphatic rings. The lowest BCUT2D eigenvalue weighted by atomic mass is 10.2. The highest BCUT2D eigenvalue weighted by Gasteiger charge is 2.21. The van der Waals surface area contributed by atoms with Gasteiger partial charge in [0.2, 0.25) is 5.91 Å². The van der Waals surface area contributed by atoms with Gasteiger partial charge in [-0.1, -0.05) is 0 Å². The van der Waals surface area contributed by atoms with Gasteiger partial charge in [-0.3, -0.25) is 9.78 Å². The van der Waals surface area contributed by atoms with Crippen molar-refractivity contribution in [2.75, 3.05) is 11.9 Å². The quantitative estimate of drug-likeness (QED) is 0.905. The maximum absolute atomic E-state index is 12.0. The van der Waals surface area contributed by atoms with Crippen LogP contribution in [0, 0.1) is 0 Å². The van der Waals surface area contributed by atoms with Crippen LogP contribution in [0.15, 0.2) is 48.8 Å². The number of carbonyl (C=O) groups is 1. The van der Waals surface area contributed by atoms with Gasteiger partial charge in [0.1, 0.15) is 11.5 Å². The molecule has 1 aromatic heterocycles. The standard InChI is InChI=1S/C16H17N3O2/c20-16(15-4-2-10-18-15)19-12-5-7-13(8-6-12)21-14-3-1-9-17-11-14/h1,3,5-9,11,15,18H,2,4,10H2,(H,19,20)/t15-/m0/s1. The molecule has 1 aliphatic heterocycles. The number of pyridine rings is 1. The number of ether oxygens (including phenoxy) is 1. The van der Waals surface area contributed by atoms with Gasteiger partial charge in [0.05, 0.1) is 12.2 Å². The second kappa shape index (κ2) is 6.37. The Hall–Kier alpha value is -2.40. The molecule has 0 aliphatic carbocycles. The normalized spacial score (nSPS) is 17.4. The van der Waals surface area contributed by atoms with Gasteiger partial charge in [0, 0.05) is 11.9 Å². The molecule has 3 rings (SSSR count). The Balaban J connectivity index is 1.60. The van der Waals surface area contributed by atoms with Crippen molar-refractivity contribution in [1.29, 1.82) is 0 Å². The van der Waals surface area contributed by atoms with Gasteiger partial charge in [0.25, 0.3) is 0 Å². The van der Waals surface area contributed by atoms with Crippen molar-refractivity contribution < 1.29 is 9.53 Å². The Kier molecular flexibility index (Phi) is 4.12. The zero-order valence-corrected chi connectivity index (χ0v) is 11.6. The number of nitrogens with zero attached hydrogens (tertiary/aromatic N) is 1. The average molecular weight is 283 g/mol. The summed E-state index contributed by atoms with van der Waals surface area (Å²) in [5.74, 6) is 1.41. The molecular formula is C16H17N3O2. The lowest BCUT2D eigenvalue weighted by Gasteiger charge is -2.11.